The lowest BCUT2D eigenvalue weighted by molar-refractivity contribution is 0.340. The fourth-order valence-electron chi connectivity index (χ4n) is 3.07. The van der Waals surface area contributed by atoms with Crippen molar-refractivity contribution in [2.75, 3.05) is 18.5 Å². The van der Waals surface area contributed by atoms with E-state index < -0.39 is 0 Å². The average molecular weight is 289 g/mol. The van der Waals surface area contributed by atoms with Crippen molar-refractivity contribution in [3.8, 4) is 0 Å². The number of hydrogen-bond donors (Lipinski definition) is 1. The lowest BCUT2D eigenvalue weighted by atomic mass is 9.87. The normalized spacial score (nSPS) is 22.5. The minimum Gasteiger partial charge on any atom is -0.357 e. The maximum absolute atomic E-state index is 4.83. The average Bonchev–Trinajstić information content (AvgIpc) is 2.47. The maximum atomic E-state index is 4.83. The Morgan fingerprint density at radius 1 is 1.24 bits per heavy atom. The van der Waals surface area contributed by atoms with E-state index in [4.69, 9.17) is 4.98 Å². The van der Waals surface area contributed by atoms with Gasteiger partial charge in [-0.05, 0) is 56.2 Å². The molecule has 0 bridgehead atoms. The molecule has 0 aromatic carbocycles. The predicted molar refractivity (Wildman–Crippen MR) is 90.6 cm³/mol. The van der Waals surface area contributed by atoms with Gasteiger partial charge in [-0.3, -0.25) is 0 Å². The first-order valence-corrected chi connectivity index (χ1v) is 8.45. The van der Waals surface area contributed by atoms with Crippen molar-refractivity contribution in [1.29, 1.82) is 0 Å². The maximum Gasteiger partial charge on any atom is 0.128 e. The molecule has 0 atom stereocenters. The van der Waals surface area contributed by atoms with Gasteiger partial charge < -0.3 is 10.2 Å². The lowest BCUT2D eigenvalue weighted by Crippen LogP contribution is -2.35. The Hall–Kier alpha value is -1.09. The largest absolute Gasteiger partial charge is 0.357 e. The molecule has 2 rings (SSSR count). The Bertz CT molecular complexity index is 422. The Balaban J connectivity index is 1.93. The smallest absolute Gasteiger partial charge is 0.128 e. The Kier molecular flexibility index (Phi) is 6.04. The zero-order valence-corrected chi connectivity index (χ0v) is 14.1. The van der Waals surface area contributed by atoms with Crippen LogP contribution in [-0.2, 0) is 6.54 Å². The van der Waals surface area contributed by atoms with Gasteiger partial charge in [-0.2, -0.15) is 0 Å². The molecule has 3 nitrogen and oxygen atoms in total. The number of nitrogens with one attached hydrogen (secondary N) is 1. The van der Waals surface area contributed by atoms with Gasteiger partial charge in [0.25, 0.3) is 0 Å². The summed E-state index contributed by atoms with van der Waals surface area (Å²) in [4.78, 5) is 7.21. The molecule has 0 amide bonds. The van der Waals surface area contributed by atoms with Crippen molar-refractivity contribution in [3.63, 3.8) is 0 Å². The molecule has 118 valence electrons. The number of pyridine rings is 1. The van der Waals surface area contributed by atoms with Crippen LogP contribution in [0.25, 0.3) is 0 Å². The van der Waals surface area contributed by atoms with E-state index in [1.165, 1.54) is 25.7 Å². The molecule has 0 saturated heterocycles. The van der Waals surface area contributed by atoms with Gasteiger partial charge >= 0.3 is 0 Å². The Labute approximate surface area is 130 Å². The highest BCUT2D eigenvalue weighted by Gasteiger charge is 2.22. The molecule has 0 spiro atoms. The number of anilines is 1. The van der Waals surface area contributed by atoms with Gasteiger partial charge in [0.05, 0.1) is 5.69 Å². The van der Waals surface area contributed by atoms with Crippen molar-refractivity contribution in [2.24, 2.45) is 11.8 Å². The fourth-order valence-corrected chi connectivity index (χ4v) is 3.07. The molecule has 1 heterocycles. The fraction of sp³-hybridized carbons (Fsp3) is 0.722. The van der Waals surface area contributed by atoms with Gasteiger partial charge in [-0.1, -0.05) is 26.8 Å². The summed E-state index contributed by atoms with van der Waals surface area (Å²) in [5, 5.41) is 3.47. The monoisotopic (exact) mass is 289 g/mol. The van der Waals surface area contributed by atoms with Crippen LogP contribution < -0.4 is 10.2 Å². The summed E-state index contributed by atoms with van der Waals surface area (Å²) < 4.78 is 0. The van der Waals surface area contributed by atoms with Crippen molar-refractivity contribution in [1.82, 2.24) is 10.3 Å². The summed E-state index contributed by atoms with van der Waals surface area (Å²) in [7, 11) is 2.20. The highest BCUT2D eigenvalue weighted by molar-refractivity contribution is 5.39. The molecular formula is C18H31N3. The molecule has 1 fully saturated rings. The van der Waals surface area contributed by atoms with Gasteiger partial charge in [-0.15, -0.1) is 0 Å². The first kappa shape index (κ1) is 16.3. The first-order chi connectivity index (χ1) is 10.1. The quantitative estimate of drug-likeness (QED) is 0.862. The minimum absolute atomic E-state index is 0.660. The topological polar surface area (TPSA) is 28.2 Å². The third-order valence-electron chi connectivity index (χ3n) is 4.55. The highest BCUT2D eigenvalue weighted by Crippen LogP contribution is 2.28. The first-order valence-electron chi connectivity index (χ1n) is 8.45. The number of hydrogen-bond acceptors (Lipinski definition) is 3. The zero-order chi connectivity index (χ0) is 15.2. The van der Waals surface area contributed by atoms with Gasteiger partial charge in [-0.25, -0.2) is 4.98 Å². The zero-order valence-electron chi connectivity index (χ0n) is 14.1. The van der Waals surface area contributed by atoms with Gasteiger partial charge in [0, 0.05) is 19.6 Å². The van der Waals surface area contributed by atoms with Crippen LogP contribution in [0, 0.1) is 11.8 Å². The molecule has 0 radical (unpaired) electrons. The molecule has 1 saturated carbocycles. The second-order valence-corrected chi connectivity index (χ2v) is 7.04. The standard InChI is InChI=1S/C18H31N3/c1-14(2)12-19-13-16-6-5-7-18(20-16)21(4)17-10-8-15(3)9-11-17/h5-7,14-15,17,19H,8-13H2,1-4H3. The van der Waals surface area contributed by atoms with Crippen LogP contribution in [0.1, 0.15) is 52.1 Å². The van der Waals surface area contributed by atoms with Crippen molar-refractivity contribution < 1.29 is 0 Å². The highest BCUT2D eigenvalue weighted by atomic mass is 15.2. The lowest BCUT2D eigenvalue weighted by Gasteiger charge is -2.34. The van der Waals surface area contributed by atoms with E-state index >= 15 is 0 Å². The number of nitrogens with zero attached hydrogens (tertiary/aromatic N) is 2. The summed E-state index contributed by atoms with van der Waals surface area (Å²) in [5.74, 6) is 2.70. The molecular weight excluding hydrogens is 258 g/mol. The molecule has 1 aliphatic carbocycles. The van der Waals surface area contributed by atoms with Crippen LogP contribution in [0.4, 0.5) is 5.82 Å². The van der Waals surface area contributed by atoms with Crippen molar-refractivity contribution in [3.05, 3.63) is 23.9 Å². The van der Waals surface area contributed by atoms with E-state index in [9.17, 15) is 0 Å². The third-order valence-corrected chi connectivity index (χ3v) is 4.55. The summed E-state index contributed by atoms with van der Waals surface area (Å²) in [6, 6.07) is 7.06. The van der Waals surface area contributed by atoms with E-state index in [-0.39, 0.29) is 0 Å². The van der Waals surface area contributed by atoms with Crippen LogP contribution in [0.5, 0.6) is 0 Å². The molecule has 3 heteroatoms. The SMILES string of the molecule is CC(C)CNCc1cccc(N(C)C2CCC(C)CC2)n1. The van der Waals surface area contributed by atoms with E-state index in [1.807, 2.05) is 0 Å². The predicted octanol–water partition coefficient (Wildman–Crippen LogP) is 3.84. The van der Waals surface area contributed by atoms with Crippen molar-refractivity contribution in [2.45, 2.75) is 59.0 Å². The van der Waals surface area contributed by atoms with Crippen molar-refractivity contribution >= 4 is 5.82 Å². The summed E-state index contributed by atoms with van der Waals surface area (Å²) in [6.45, 7) is 8.74. The van der Waals surface area contributed by atoms with Crippen LogP contribution in [0.3, 0.4) is 0 Å². The summed E-state index contributed by atoms with van der Waals surface area (Å²) >= 11 is 0. The van der Waals surface area contributed by atoms with Crippen LogP contribution in [0.2, 0.25) is 0 Å². The van der Waals surface area contributed by atoms with Gasteiger partial charge in [0.2, 0.25) is 0 Å². The van der Waals surface area contributed by atoms with Crippen LogP contribution in [0.15, 0.2) is 18.2 Å². The van der Waals surface area contributed by atoms with Gasteiger partial charge in [0.15, 0.2) is 0 Å². The van der Waals surface area contributed by atoms with Crippen LogP contribution >= 0.6 is 0 Å². The molecule has 21 heavy (non-hydrogen) atoms. The molecule has 0 aliphatic heterocycles. The minimum atomic E-state index is 0.660. The Morgan fingerprint density at radius 2 is 1.95 bits per heavy atom. The molecule has 0 unspecified atom stereocenters. The summed E-state index contributed by atoms with van der Waals surface area (Å²) in [5.41, 5.74) is 1.14. The second-order valence-electron chi connectivity index (χ2n) is 7.04. The second kappa shape index (κ2) is 7.79. The third kappa shape index (κ3) is 4.99. The molecule has 1 aromatic heterocycles. The summed E-state index contributed by atoms with van der Waals surface area (Å²) in [6.07, 6.45) is 5.31. The van der Waals surface area contributed by atoms with E-state index in [2.05, 4.69) is 56.2 Å². The number of aromatic nitrogens is 1. The molecule has 1 N–H and O–H groups in total. The molecule has 1 aromatic rings. The number of rotatable bonds is 6. The Morgan fingerprint density at radius 3 is 2.62 bits per heavy atom. The van der Waals surface area contributed by atoms with E-state index in [1.54, 1.807) is 0 Å². The van der Waals surface area contributed by atoms with E-state index in [0.717, 1.165) is 30.5 Å². The van der Waals surface area contributed by atoms with E-state index in [0.29, 0.717) is 12.0 Å². The van der Waals surface area contributed by atoms with Gasteiger partial charge in [0.1, 0.15) is 5.82 Å². The molecule has 1 aliphatic rings. The van der Waals surface area contributed by atoms with Crippen LogP contribution in [-0.4, -0.2) is 24.6 Å².